The third-order valence-electron chi connectivity index (χ3n) is 7.80. The Morgan fingerprint density at radius 2 is 1.56 bits per heavy atom. The number of nitrogens with one attached hydrogen (secondary N) is 1. The summed E-state index contributed by atoms with van der Waals surface area (Å²) >= 11 is 0. The van der Waals surface area contributed by atoms with Gasteiger partial charge in [0.25, 0.3) is 12.0 Å². The predicted octanol–water partition coefficient (Wildman–Crippen LogP) is 7.18. The van der Waals surface area contributed by atoms with E-state index in [1.54, 1.807) is 32.9 Å². The van der Waals surface area contributed by atoms with E-state index in [9.17, 15) is 27.6 Å². The molecule has 6 nitrogen and oxygen atoms in total. The molecule has 0 spiro atoms. The first kappa shape index (κ1) is 35.7. The van der Waals surface area contributed by atoms with E-state index in [1.807, 2.05) is 32.8 Å². The fourth-order valence-corrected chi connectivity index (χ4v) is 5.71. The van der Waals surface area contributed by atoms with Crippen LogP contribution < -0.4 is 10.9 Å². The summed E-state index contributed by atoms with van der Waals surface area (Å²) in [6.45, 7) is 10.6. The second-order valence-corrected chi connectivity index (χ2v) is 12.6. The highest BCUT2D eigenvalue weighted by Crippen LogP contribution is 2.34. The van der Waals surface area contributed by atoms with Gasteiger partial charge in [0.1, 0.15) is 23.5 Å². The molecule has 0 fully saturated rings. The van der Waals surface area contributed by atoms with Crippen LogP contribution in [0, 0.1) is 38.3 Å². The summed E-state index contributed by atoms with van der Waals surface area (Å²) in [5, 5.41) is 2.78. The lowest BCUT2D eigenvalue weighted by Gasteiger charge is -2.27. The van der Waals surface area contributed by atoms with Crippen LogP contribution in [0.2, 0.25) is 0 Å². The van der Waals surface area contributed by atoms with Crippen LogP contribution in [0.4, 0.5) is 17.6 Å². The molecule has 0 bridgehead atoms. The summed E-state index contributed by atoms with van der Waals surface area (Å²) in [5.41, 5.74) is 1.67. The minimum Gasteiger partial charge on any atom is -0.347 e. The first-order valence-corrected chi connectivity index (χ1v) is 15.0. The second kappa shape index (κ2) is 15.0. The van der Waals surface area contributed by atoms with E-state index in [1.165, 1.54) is 31.3 Å². The molecule has 2 aromatic carbocycles. The molecule has 45 heavy (non-hydrogen) atoms. The number of pyridine rings is 1. The van der Waals surface area contributed by atoms with Crippen molar-refractivity contribution in [2.24, 2.45) is 5.92 Å². The smallest absolute Gasteiger partial charge is 0.269 e. The largest absolute Gasteiger partial charge is 0.347 e. The molecule has 0 radical (unpaired) electrons. The number of carbonyl (C=O) groups is 2. The standard InChI is InChI=1S/C35H43F4N3O3/c1-19(2)11-30(42-18-24(9-10-41(7)8)16-28(33(38)39)35(42)45)34(44)40-29(15-23(6)43)27-17-25(12-22(5)32(27)37)31-20(3)13-26(36)14-21(31)4/h12-14,16-19,29-30,33H,9-11,15H2,1-8H3,(H,40,44)/t29-,30-/m0/s1. The van der Waals surface area contributed by atoms with Gasteiger partial charge in [0.2, 0.25) is 5.91 Å². The van der Waals surface area contributed by atoms with E-state index in [0.29, 0.717) is 40.8 Å². The zero-order valence-electron chi connectivity index (χ0n) is 27.2. The first-order chi connectivity index (χ1) is 21.0. The van der Waals surface area contributed by atoms with Crippen LogP contribution in [0.25, 0.3) is 11.1 Å². The van der Waals surface area contributed by atoms with Crippen LogP contribution in [0.5, 0.6) is 0 Å². The number of hydrogen-bond donors (Lipinski definition) is 1. The molecule has 10 heteroatoms. The third-order valence-corrected chi connectivity index (χ3v) is 7.80. The van der Waals surface area contributed by atoms with Gasteiger partial charge in [0.05, 0.1) is 11.6 Å². The molecule has 3 aromatic rings. The van der Waals surface area contributed by atoms with E-state index in [0.717, 1.165) is 4.57 Å². The van der Waals surface area contributed by atoms with Crippen LogP contribution in [0.1, 0.15) is 85.5 Å². The number of aromatic nitrogens is 1. The number of alkyl halides is 2. The molecule has 0 unspecified atom stereocenters. The van der Waals surface area contributed by atoms with Gasteiger partial charge in [-0.25, -0.2) is 17.6 Å². The number of hydrogen-bond acceptors (Lipinski definition) is 4. The van der Waals surface area contributed by atoms with E-state index in [4.69, 9.17) is 0 Å². The second-order valence-electron chi connectivity index (χ2n) is 12.6. The Hall–Kier alpha value is -3.79. The molecule has 0 aliphatic carbocycles. The fraction of sp³-hybridized carbons (Fsp3) is 0.457. The van der Waals surface area contributed by atoms with Crippen molar-refractivity contribution in [2.45, 2.75) is 79.3 Å². The zero-order chi connectivity index (χ0) is 33.7. The van der Waals surface area contributed by atoms with Crippen molar-refractivity contribution in [3.63, 3.8) is 0 Å². The van der Waals surface area contributed by atoms with Gasteiger partial charge in [0, 0.05) is 24.7 Å². The highest BCUT2D eigenvalue weighted by Gasteiger charge is 2.30. The molecular weight excluding hydrogens is 586 g/mol. The molecular formula is C35H43F4N3O3. The average molecular weight is 630 g/mol. The normalized spacial score (nSPS) is 13.0. The van der Waals surface area contributed by atoms with Crippen LogP contribution in [-0.4, -0.2) is 41.8 Å². The number of benzene rings is 2. The summed E-state index contributed by atoms with van der Waals surface area (Å²) in [5.74, 6) is -2.16. The SMILES string of the molecule is CC(=O)C[C@H](NC(=O)[C@H](CC(C)C)n1cc(CCN(C)C)cc(C(F)F)c1=O)c1cc(-c2c(C)cc(F)cc2C)cc(C)c1F. The minimum atomic E-state index is -3.05. The first-order valence-electron chi connectivity index (χ1n) is 15.0. The van der Waals surface area contributed by atoms with Gasteiger partial charge in [-0.05, 0) is 124 Å². The number of likely N-dealkylation sites (N-methyl/N-ethyl adjacent to an activating group) is 1. The summed E-state index contributed by atoms with van der Waals surface area (Å²) in [6, 6.07) is 4.80. The maximum Gasteiger partial charge on any atom is 0.269 e. The number of rotatable bonds is 13. The van der Waals surface area contributed by atoms with Gasteiger partial charge in [0.15, 0.2) is 0 Å². The van der Waals surface area contributed by atoms with E-state index in [2.05, 4.69) is 5.32 Å². The Bertz CT molecular complexity index is 1590. The van der Waals surface area contributed by atoms with Gasteiger partial charge in [-0.2, -0.15) is 0 Å². The molecule has 244 valence electrons. The molecule has 0 aliphatic heterocycles. The van der Waals surface area contributed by atoms with Crippen molar-refractivity contribution in [2.75, 3.05) is 20.6 Å². The Kier molecular flexibility index (Phi) is 11.9. The summed E-state index contributed by atoms with van der Waals surface area (Å²) in [7, 11) is 3.67. The number of ketones is 1. The van der Waals surface area contributed by atoms with Gasteiger partial charge in [-0.3, -0.25) is 14.4 Å². The van der Waals surface area contributed by atoms with Crippen LogP contribution in [-0.2, 0) is 16.0 Å². The Labute approximate surface area is 262 Å². The van der Waals surface area contributed by atoms with Crippen molar-refractivity contribution < 1.29 is 27.2 Å². The van der Waals surface area contributed by atoms with Gasteiger partial charge < -0.3 is 14.8 Å². The number of Topliss-reactive ketones (excluding diaryl/α,β-unsaturated/α-hetero) is 1. The number of aryl methyl sites for hydroxylation is 3. The molecule has 3 rings (SSSR count). The fourth-order valence-electron chi connectivity index (χ4n) is 5.71. The zero-order valence-corrected chi connectivity index (χ0v) is 27.2. The maximum atomic E-state index is 15.8. The van der Waals surface area contributed by atoms with Crippen LogP contribution in [0.3, 0.4) is 0 Å². The quantitative estimate of drug-likeness (QED) is 0.203. The molecule has 1 amide bonds. The van der Waals surface area contributed by atoms with E-state index >= 15 is 4.39 Å². The van der Waals surface area contributed by atoms with Gasteiger partial charge >= 0.3 is 0 Å². The average Bonchev–Trinajstić information content (AvgIpc) is 2.91. The van der Waals surface area contributed by atoms with Crippen molar-refractivity contribution in [3.05, 3.63) is 91.9 Å². The topological polar surface area (TPSA) is 71.4 Å². The maximum absolute atomic E-state index is 15.8. The summed E-state index contributed by atoms with van der Waals surface area (Å²) < 4.78 is 58.9. The predicted molar refractivity (Wildman–Crippen MR) is 169 cm³/mol. The highest BCUT2D eigenvalue weighted by molar-refractivity contribution is 5.83. The number of nitrogens with zero attached hydrogens (tertiary/aromatic N) is 2. The molecule has 0 saturated heterocycles. The van der Waals surface area contributed by atoms with E-state index in [-0.39, 0.29) is 35.7 Å². The molecule has 1 heterocycles. The van der Waals surface area contributed by atoms with Gasteiger partial charge in [-0.1, -0.05) is 13.8 Å². The lowest BCUT2D eigenvalue weighted by Crippen LogP contribution is -2.41. The van der Waals surface area contributed by atoms with Crippen molar-refractivity contribution in [3.8, 4) is 11.1 Å². The van der Waals surface area contributed by atoms with E-state index < -0.39 is 47.2 Å². The summed E-state index contributed by atoms with van der Waals surface area (Å²) in [6.07, 6.45) is -1.35. The van der Waals surface area contributed by atoms with Crippen molar-refractivity contribution in [1.29, 1.82) is 0 Å². The molecule has 1 aromatic heterocycles. The monoisotopic (exact) mass is 629 g/mol. The van der Waals surface area contributed by atoms with Crippen LogP contribution in [0.15, 0.2) is 41.3 Å². The lowest BCUT2D eigenvalue weighted by atomic mass is 9.90. The molecule has 2 atom stereocenters. The third kappa shape index (κ3) is 8.90. The minimum absolute atomic E-state index is 0.0559. The number of amides is 1. The number of halogens is 4. The summed E-state index contributed by atoms with van der Waals surface area (Å²) in [4.78, 5) is 41.6. The highest BCUT2D eigenvalue weighted by atomic mass is 19.3. The Morgan fingerprint density at radius 1 is 0.933 bits per heavy atom. The molecule has 1 N–H and O–H groups in total. The molecule has 0 saturated carbocycles. The number of carbonyl (C=O) groups excluding carboxylic acids is 2. The van der Waals surface area contributed by atoms with Crippen molar-refractivity contribution >= 4 is 11.7 Å². The lowest BCUT2D eigenvalue weighted by molar-refractivity contribution is -0.126. The molecule has 0 aliphatic rings. The van der Waals surface area contributed by atoms with Gasteiger partial charge in [-0.15, -0.1) is 0 Å². The Morgan fingerprint density at radius 3 is 2.09 bits per heavy atom. The van der Waals surface area contributed by atoms with Crippen LogP contribution >= 0.6 is 0 Å². The Balaban J connectivity index is 2.15. The van der Waals surface area contributed by atoms with Crippen molar-refractivity contribution in [1.82, 2.24) is 14.8 Å².